The first-order valence-corrected chi connectivity index (χ1v) is 6.63. The Morgan fingerprint density at radius 3 is 2.22 bits per heavy atom. The molecule has 1 fully saturated rings. The zero-order valence-electron chi connectivity index (χ0n) is 10.7. The third-order valence-electron chi connectivity index (χ3n) is 3.80. The molecule has 1 aliphatic carbocycles. The first kappa shape index (κ1) is 11.3. The molecule has 0 aromatic heterocycles. The molecule has 0 nitrogen and oxygen atoms in total. The molecule has 90 valence electrons. The van der Waals surface area contributed by atoms with Crippen LogP contribution in [0.2, 0.25) is 0 Å². The lowest BCUT2D eigenvalue weighted by Gasteiger charge is -2.02. The van der Waals surface area contributed by atoms with Crippen LogP contribution in [0, 0.1) is 5.92 Å². The Bertz CT molecular complexity index is 537. The fourth-order valence-corrected chi connectivity index (χ4v) is 2.69. The second kappa shape index (κ2) is 4.81. The predicted octanol–water partition coefficient (Wildman–Crippen LogP) is 4.89. The van der Waals surface area contributed by atoms with E-state index in [4.69, 9.17) is 0 Å². The normalized spacial score (nSPS) is 22.8. The molecule has 0 heterocycles. The molecule has 2 aromatic rings. The van der Waals surface area contributed by atoms with Gasteiger partial charge in [-0.1, -0.05) is 72.3 Å². The van der Waals surface area contributed by atoms with E-state index in [0.717, 1.165) is 11.8 Å². The summed E-state index contributed by atoms with van der Waals surface area (Å²) in [5.41, 5.74) is 4.31. The maximum absolute atomic E-state index is 2.33. The van der Waals surface area contributed by atoms with Crippen molar-refractivity contribution in [3.05, 3.63) is 77.4 Å². The summed E-state index contributed by atoms with van der Waals surface area (Å²) in [7, 11) is 0. The molecule has 0 spiro atoms. The first-order chi connectivity index (χ1) is 8.84. The molecule has 3 rings (SSSR count). The van der Waals surface area contributed by atoms with E-state index in [1.165, 1.54) is 23.1 Å². The highest BCUT2D eigenvalue weighted by atomic mass is 14.4. The van der Waals surface area contributed by atoms with Crippen LogP contribution in [0.4, 0.5) is 0 Å². The fraction of sp³-hybridized carbons (Fsp3) is 0.222. The molecule has 0 amide bonds. The Hall–Kier alpha value is -1.82. The molecule has 0 heteroatoms. The first-order valence-electron chi connectivity index (χ1n) is 6.63. The molecule has 0 radical (unpaired) electrons. The average molecular weight is 234 g/mol. The molecule has 0 aliphatic heterocycles. The van der Waals surface area contributed by atoms with Gasteiger partial charge in [0.2, 0.25) is 0 Å². The van der Waals surface area contributed by atoms with Crippen molar-refractivity contribution in [2.45, 2.75) is 19.3 Å². The van der Waals surface area contributed by atoms with E-state index >= 15 is 0 Å². The van der Waals surface area contributed by atoms with Crippen LogP contribution in [-0.2, 0) is 0 Å². The van der Waals surface area contributed by atoms with Crippen LogP contribution in [0.3, 0.4) is 0 Å². The van der Waals surface area contributed by atoms with Crippen LogP contribution in [0.5, 0.6) is 0 Å². The lowest BCUT2D eigenvalue weighted by Crippen LogP contribution is -1.85. The average Bonchev–Trinajstić information content (AvgIpc) is 3.21. The van der Waals surface area contributed by atoms with Crippen molar-refractivity contribution in [3.63, 3.8) is 0 Å². The van der Waals surface area contributed by atoms with Gasteiger partial charge in [0, 0.05) is 0 Å². The van der Waals surface area contributed by atoms with E-state index in [-0.39, 0.29) is 0 Å². The van der Waals surface area contributed by atoms with Crippen LogP contribution in [0.25, 0.3) is 6.08 Å². The van der Waals surface area contributed by atoms with E-state index < -0.39 is 0 Å². The highest BCUT2D eigenvalue weighted by Gasteiger charge is 2.38. The summed E-state index contributed by atoms with van der Waals surface area (Å²) in [5.74, 6) is 1.48. The van der Waals surface area contributed by atoms with Crippen LogP contribution in [0.1, 0.15) is 30.4 Å². The van der Waals surface area contributed by atoms with Gasteiger partial charge in [0.15, 0.2) is 0 Å². The van der Waals surface area contributed by atoms with Gasteiger partial charge in [-0.2, -0.15) is 0 Å². The van der Waals surface area contributed by atoms with Crippen molar-refractivity contribution in [1.82, 2.24) is 0 Å². The lowest BCUT2D eigenvalue weighted by atomic mass is 10.0. The van der Waals surface area contributed by atoms with Gasteiger partial charge in [0.25, 0.3) is 0 Å². The number of allylic oxidation sites excluding steroid dienone is 1. The van der Waals surface area contributed by atoms with Gasteiger partial charge in [-0.15, -0.1) is 0 Å². The number of benzene rings is 2. The quantitative estimate of drug-likeness (QED) is 0.709. The second-order valence-corrected chi connectivity index (χ2v) is 5.16. The predicted molar refractivity (Wildman–Crippen MR) is 77.4 cm³/mol. The van der Waals surface area contributed by atoms with Crippen LogP contribution in [-0.4, -0.2) is 0 Å². The molecule has 1 saturated carbocycles. The number of hydrogen-bond donors (Lipinski definition) is 0. The molecule has 2 aromatic carbocycles. The third-order valence-corrected chi connectivity index (χ3v) is 3.80. The summed E-state index contributed by atoms with van der Waals surface area (Å²) in [6, 6.07) is 21.5. The minimum absolute atomic E-state index is 0.742. The van der Waals surface area contributed by atoms with Crippen LogP contribution >= 0.6 is 0 Å². The molecule has 0 saturated heterocycles. The minimum Gasteiger partial charge on any atom is -0.0690 e. The van der Waals surface area contributed by atoms with Gasteiger partial charge in [-0.05, 0) is 36.3 Å². The summed E-state index contributed by atoms with van der Waals surface area (Å²) >= 11 is 0. The molecule has 0 bridgehead atoms. The fourth-order valence-electron chi connectivity index (χ4n) is 2.69. The van der Waals surface area contributed by atoms with Crippen molar-refractivity contribution in [1.29, 1.82) is 0 Å². The van der Waals surface area contributed by atoms with Crippen molar-refractivity contribution < 1.29 is 0 Å². The number of hydrogen-bond acceptors (Lipinski definition) is 0. The monoisotopic (exact) mass is 234 g/mol. The lowest BCUT2D eigenvalue weighted by molar-refractivity contribution is 0.947. The third kappa shape index (κ3) is 2.38. The van der Waals surface area contributed by atoms with Gasteiger partial charge in [0.1, 0.15) is 0 Å². The zero-order chi connectivity index (χ0) is 12.4. The SMILES string of the molecule is C/C(=C\c1ccccc1)[C@H]1C[C@@H]1c1ccccc1. The van der Waals surface area contributed by atoms with E-state index in [9.17, 15) is 0 Å². The zero-order valence-corrected chi connectivity index (χ0v) is 10.7. The summed E-state index contributed by atoms with van der Waals surface area (Å²) in [6.07, 6.45) is 3.63. The summed E-state index contributed by atoms with van der Waals surface area (Å²) in [6.45, 7) is 2.26. The molecule has 0 N–H and O–H groups in total. The summed E-state index contributed by atoms with van der Waals surface area (Å²) < 4.78 is 0. The standard InChI is InChI=1S/C18H18/c1-14(12-15-8-4-2-5-9-15)17-13-18(17)16-10-6-3-7-11-16/h2-12,17-18H,13H2,1H3/b14-12+/t17-,18-/m1/s1. The Morgan fingerprint density at radius 1 is 0.944 bits per heavy atom. The van der Waals surface area contributed by atoms with E-state index in [2.05, 4.69) is 73.7 Å². The Labute approximate surface area is 109 Å². The van der Waals surface area contributed by atoms with Crippen molar-refractivity contribution >= 4 is 6.08 Å². The van der Waals surface area contributed by atoms with Crippen LogP contribution in [0.15, 0.2) is 66.2 Å². The summed E-state index contributed by atoms with van der Waals surface area (Å²) in [5, 5.41) is 0. The second-order valence-electron chi connectivity index (χ2n) is 5.16. The van der Waals surface area contributed by atoms with Crippen molar-refractivity contribution in [2.75, 3.05) is 0 Å². The molecule has 2 atom stereocenters. The Kier molecular flexibility index (Phi) is 3.02. The molecular formula is C18H18. The van der Waals surface area contributed by atoms with Gasteiger partial charge >= 0.3 is 0 Å². The molecule has 1 aliphatic rings. The van der Waals surface area contributed by atoms with Crippen molar-refractivity contribution in [2.24, 2.45) is 5.92 Å². The topological polar surface area (TPSA) is 0 Å². The maximum Gasteiger partial charge on any atom is -0.00902 e. The van der Waals surface area contributed by atoms with Crippen LogP contribution < -0.4 is 0 Å². The largest absolute Gasteiger partial charge is 0.0690 e. The molecule has 18 heavy (non-hydrogen) atoms. The Morgan fingerprint density at radius 2 is 1.56 bits per heavy atom. The number of rotatable bonds is 3. The summed E-state index contributed by atoms with van der Waals surface area (Å²) in [4.78, 5) is 0. The van der Waals surface area contributed by atoms with Gasteiger partial charge in [0.05, 0.1) is 0 Å². The Balaban J connectivity index is 1.73. The minimum atomic E-state index is 0.742. The van der Waals surface area contributed by atoms with Gasteiger partial charge in [-0.25, -0.2) is 0 Å². The molecule has 0 unspecified atom stereocenters. The highest BCUT2D eigenvalue weighted by Crippen LogP contribution is 2.51. The van der Waals surface area contributed by atoms with Gasteiger partial charge < -0.3 is 0 Å². The van der Waals surface area contributed by atoms with Gasteiger partial charge in [-0.3, -0.25) is 0 Å². The van der Waals surface area contributed by atoms with Crippen molar-refractivity contribution in [3.8, 4) is 0 Å². The van der Waals surface area contributed by atoms with E-state index in [1.807, 2.05) is 0 Å². The highest BCUT2D eigenvalue weighted by molar-refractivity contribution is 5.54. The maximum atomic E-state index is 2.33. The van der Waals surface area contributed by atoms with E-state index in [0.29, 0.717) is 0 Å². The van der Waals surface area contributed by atoms with E-state index in [1.54, 1.807) is 0 Å². The molecular weight excluding hydrogens is 216 g/mol. The smallest absolute Gasteiger partial charge is 0.00902 e.